The Morgan fingerprint density at radius 2 is 2.00 bits per heavy atom. The number of ether oxygens (including phenoxy) is 1. The van der Waals surface area contributed by atoms with Crippen molar-refractivity contribution in [1.82, 2.24) is 20.0 Å². The number of benzene rings is 2. The average Bonchev–Trinajstić information content (AvgIpc) is 3.52. The number of aromatic nitrogens is 2. The van der Waals surface area contributed by atoms with Gasteiger partial charge in [0.2, 0.25) is 5.91 Å². The molecule has 1 fully saturated rings. The quantitative estimate of drug-likeness (QED) is 0.571. The van der Waals surface area contributed by atoms with E-state index >= 15 is 0 Å². The number of nitrogens with zero attached hydrogens (tertiary/aromatic N) is 3. The molecule has 6 nitrogen and oxygen atoms in total. The molecule has 1 aromatic heterocycles. The maximum absolute atomic E-state index is 14.1. The molecule has 0 aliphatic carbocycles. The molecule has 3 aliphatic heterocycles. The summed E-state index contributed by atoms with van der Waals surface area (Å²) in [6.45, 7) is 3.63. The number of aromatic amines is 1. The zero-order valence-corrected chi connectivity index (χ0v) is 20.2. The molecule has 188 valence electrons. The molecule has 1 amide bonds. The Kier molecular flexibility index (Phi) is 6.21. The van der Waals surface area contributed by atoms with Crippen molar-refractivity contribution < 1.29 is 18.3 Å². The second kappa shape index (κ2) is 9.65. The maximum atomic E-state index is 14.1. The van der Waals surface area contributed by atoms with E-state index < -0.39 is 11.6 Å². The van der Waals surface area contributed by atoms with Gasteiger partial charge in [0.15, 0.2) is 0 Å². The molecule has 1 N–H and O–H groups in total. The first-order chi connectivity index (χ1) is 17.5. The van der Waals surface area contributed by atoms with E-state index in [2.05, 4.69) is 21.2 Å². The van der Waals surface area contributed by atoms with Gasteiger partial charge in [-0.3, -0.25) is 14.8 Å². The predicted octanol–water partition coefficient (Wildman–Crippen LogP) is 4.48. The summed E-state index contributed by atoms with van der Waals surface area (Å²) in [7, 11) is 0. The van der Waals surface area contributed by atoms with Crippen LogP contribution in [0.25, 0.3) is 11.3 Å². The number of hydrogen-bond donors (Lipinski definition) is 1. The lowest BCUT2D eigenvalue weighted by Gasteiger charge is -2.34. The number of carbonyl (C=O) groups excluding carboxylic acids is 1. The van der Waals surface area contributed by atoms with Gasteiger partial charge in [0.25, 0.3) is 0 Å². The van der Waals surface area contributed by atoms with Crippen molar-refractivity contribution in [2.75, 3.05) is 26.2 Å². The van der Waals surface area contributed by atoms with Gasteiger partial charge in [-0.25, -0.2) is 8.78 Å². The fraction of sp³-hybridized carbons (Fsp3) is 0.429. The van der Waals surface area contributed by atoms with E-state index in [1.807, 2.05) is 17.0 Å². The molecule has 6 rings (SSSR count). The van der Waals surface area contributed by atoms with Gasteiger partial charge in [-0.05, 0) is 61.2 Å². The number of halogens is 2. The lowest BCUT2D eigenvalue weighted by molar-refractivity contribution is -0.133. The van der Waals surface area contributed by atoms with Gasteiger partial charge in [0.1, 0.15) is 17.4 Å². The van der Waals surface area contributed by atoms with E-state index in [0.717, 1.165) is 60.5 Å². The molecule has 0 bridgehead atoms. The molecule has 1 atom stereocenters. The number of carbonyl (C=O) groups is 1. The van der Waals surface area contributed by atoms with E-state index in [1.54, 1.807) is 0 Å². The molecule has 4 heterocycles. The average molecular weight is 493 g/mol. The minimum atomic E-state index is -0.510. The summed E-state index contributed by atoms with van der Waals surface area (Å²) in [6.07, 6.45) is 3.99. The van der Waals surface area contributed by atoms with Crippen LogP contribution in [0, 0.1) is 17.6 Å². The van der Waals surface area contributed by atoms with E-state index in [-0.39, 0.29) is 23.9 Å². The minimum Gasteiger partial charge on any atom is -0.493 e. The van der Waals surface area contributed by atoms with Crippen molar-refractivity contribution in [1.29, 1.82) is 0 Å². The summed E-state index contributed by atoms with van der Waals surface area (Å²) in [5.74, 6) is 0.245. The highest BCUT2D eigenvalue weighted by Gasteiger charge is 2.29. The second-order valence-electron chi connectivity index (χ2n) is 10.2. The molecule has 3 aliphatic rings. The summed E-state index contributed by atoms with van der Waals surface area (Å²) < 4.78 is 33.9. The van der Waals surface area contributed by atoms with Crippen LogP contribution in [-0.4, -0.2) is 52.1 Å². The zero-order valence-electron chi connectivity index (χ0n) is 20.2. The molecule has 8 heteroatoms. The number of piperidine rings is 1. The largest absolute Gasteiger partial charge is 0.493 e. The van der Waals surface area contributed by atoms with Crippen LogP contribution in [0.5, 0.6) is 5.75 Å². The van der Waals surface area contributed by atoms with E-state index in [9.17, 15) is 13.6 Å². The third kappa shape index (κ3) is 4.50. The fourth-order valence-electron chi connectivity index (χ4n) is 5.83. The number of rotatable bonds is 5. The van der Waals surface area contributed by atoms with Gasteiger partial charge >= 0.3 is 0 Å². The Labute approximate surface area is 209 Å². The van der Waals surface area contributed by atoms with Crippen LogP contribution < -0.4 is 4.74 Å². The van der Waals surface area contributed by atoms with Gasteiger partial charge in [-0.2, -0.15) is 5.10 Å². The van der Waals surface area contributed by atoms with Crippen molar-refractivity contribution in [2.24, 2.45) is 5.92 Å². The van der Waals surface area contributed by atoms with Crippen LogP contribution in [-0.2, 0) is 30.7 Å². The number of amides is 1. The van der Waals surface area contributed by atoms with Crippen molar-refractivity contribution in [2.45, 2.75) is 45.2 Å². The Bertz CT molecular complexity index is 1270. The van der Waals surface area contributed by atoms with E-state index in [4.69, 9.17) is 4.74 Å². The van der Waals surface area contributed by atoms with Crippen LogP contribution in [0.4, 0.5) is 8.78 Å². The smallest absolute Gasteiger partial charge is 0.223 e. The third-order valence-corrected chi connectivity index (χ3v) is 7.76. The number of likely N-dealkylation sites (tertiary alicyclic amines) is 1. The fourth-order valence-corrected chi connectivity index (χ4v) is 5.83. The van der Waals surface area contributed by atoms with Crippen molar-refractivity contribution in [3.63, 3.8) is 0 Å². The highest BCUT2D eigenvalue weighted by atomic mass is 19.1. The number of H-pyrrole nitrogens is 1. The van der Waals surface area contributed by atoms with Gasteiger partial charge in [0.05, 0.1) is 12.3 Å². The van der Waals surface area contributed by atoms with Crippen molar-refractivity contribution in [3.8, 4) is 17.0 Å². The number of fused-ring (bicyclic) bond motifs is 2. The standard InChI is InChI=1S/C28H30F2N4O2/c29-23-4-1-5-24(30)21(23)16-33-10-2-3-18(15-33)13-27(35)34-11-8-25-22(17-34)28(32-31-25)20-6-7-26-19(14-20)9-12-36-26/h1,4-7,14,18H,2-3,8-13,15-17H2,(H,31,32)/t18-/m0/s1. The molecule has 0 saturated carbocycles. The van der Waals surface area contributed by atoms with Crippen LogP contribution >= 0.6 is 0 Å². The van der Waals surface area contributed by atoms with Gasteiger partial charge in [-0.15, -0.1) is 0 Å². The zero-order chi connectivity index (χ0) is 24.6. The monoisotopic (exact) mass is 492 g/mol. The van der Waals surface area contributed by atoms with Crippen LogP contribution in [0.1, 0.15) is 41.6 Å². The highest BCUT2D eigenvalue weighted by molar-refractivity contribution is 5.77. The first-order valence-electron chi connectivity index (χ1n) is 12.8. The summed E-state index contributed by atoms with van der Waals surface area (Å²) in [6, 6.07) is 10.2. The maximum Gasteiger partial charge on any atom is 0.223 e. The molecule has 0 radical (unpaired) electrons. The van der Waals surface area contributed by atoms with Crippen molar-refractivity contribution >= 4 is 5.91 Å². The highest BCUT2D eigenvalue weighted by Crippen LogP contribution is 2.34. The van der Waals surface area contributed by atoms with Crippen LogP contribution in [0.15, 0.2) is 36.4 Å². The van der Waals surface area contributed by atoms with Crippen molar-refractivity contribution in [3.05, 3.63) is 70.4 Å². The Morgan fingerprint density at radius 3 is 2.86 bits per heavy atom. The second-order valence-corrected chi connectivity index (χ2v) is 10.2. The molecule has 0 spiro atoms. The lowest BCUT2D eigenvalue weighted by Crippen LogP contribution is -2.40. The minimum absolute atomic E-state index is 0.110. The normalized spacial score (nSPS) is 19.6. The topological polar surface area (TPSA) is 61.5 Å². The summed E-state index contributed by atoms with van der Waals surface area (Å²) >= 11 is 0. The number of hydrogen-bond acceptors (Lipinski definition) is 4. The molecule has 1 saturated heterocycles. The van der Waals surface area contributed by atoms with Gasteiger partial charge < -0.3 is 9.64 Å². The summed E-state index contributed by atoms with van der Waals surface area (Å²) in [4.78, 5) is 17.3. The Balaban J connectivity index is 1.11. The molecule has 2 aromatic carbocycles. The number of nitrogens with one attached hydrogen (secondary N) is 1. The Morgan fingerprint density at radius 1 is 1.14 bits per heavy atom. The SMILES string of the molecule is O=C(C[C@@H]1CCCN(Cc2c(F)cccc2F)C1)N1CCc2[nH]nc(-c3ccc4c(c3)CCO4)c2C1. The lowest BCUT2D eigenvalue weighted by atomic mass is 9.93. The van der Waals surface area contributed by atoms with E-state index in [0.29, 0.717) is 32.7 Å². The van der Waals surface area contributed by atoms with E-state index in [1.165, 1.54) is 23.8 Å². The third-order valence-electron chi connectivity index (χ3n) is 7.76. The molecular weight excluding hydrogens is 462 g/mol. The first-order valence-corrected chi connectivity index (χ1v) is 12.8. The van der Waals surface area contributed by atoms with Crippen LogP contribution in [0.2, 0.25) is 0 Å². The van der Waals surface area contributed by atoms with Gasteiger partial charge in [0, 0.05) is 67.8 Å². The summed E-state index contributed by atoms with van der Waals surface area (Å²) in [5.41, 5.74) is 5.46. The molecule has 36 heavy (non-hydrogen) atoms. The molecule has 0 unspecified atom stereocenters. The summed E-state index contributed by atoms with van der Waals surface area (Å²) in [5, 5.41) is 7.78. The molecular formula is C28H30F2N4O2. The van der Waals surface area contributed by atoms with Gasteiger partial charge in [-0.1, -0.05) is 6.07 Å². The molecule has 3 aromatic rings. The first kappa shape index (κ1) is 23.2. The predicted molar refractivity (Wildman–Crippen MR) is 131 cm³/mol. The Hall–Kier alpha value is -3.26. The van der Waals surface area contributed by atoms with Crippen LogP contribution in [0.3, 0.4) is 0 Å².